The van der Waals surface area contributed by atoms with Crippen molar-refractivity contribution in [3.05, 3.63) is 107 Å². The molecule has 0 aliphatic rings. The highest BCUT2D eigenvalue weighted by Crippen LogP contribution is 2.21. The molecule has 1 amide bonds. The first-order chi connectivity index (χ1) is 13.8. The molecule has 0 unspecified atom stereocenters. The Morgan fingerprint density at radius 3 is 2.36 bits per heavy atom. The molecule has 0 fully saturated rings. The van der Waals surface area contributed by atoms with Crippen molar-refractivity contribution in [1.82, 2.24) is 4.90 Å². The summed E-state index contributed by atoms with van der Waals surface area (Å²) in [4.78, 5) is 16.3. The lowest BCUT2D eigenvalue weighted by atomic mass is 10.0. The van der Waals surface area contributed by atoms with Gasteiger partial charge in [-0.05, 0) is 47.2 Å². The van der Waals surface area contributed by atoms with Gasteiger partial charge >= 0.3 is 0 Å². The van der Waals surface area contributed by atoms with Crippen LogP contribution in [0.4, 0.5) is 0 Å². The second-order valence-electron chi connectivity index (χ2n) is 6.63. The third-order valence-electron chi connectivity index (χ3n) is 4.69. The quantitative estimate of drug-likeness (QED) is 0.396. The largest absolute Gasteiger partial charge is 0.472 e. The van der Waals surface area contributed by atoms with Gasteiger partial charge in [-0.15, -0.1) is 11.3 Å². The summed E-state index contributed by atoms with van der Waals surface area (Å²) in [7, 11) is 0. The summed E-state index contributed by atoms with van der Waals surface area (Å²) >= 11 is 1.72. The monoisotopic (exact) mass is 387 g/mol. The minimum Gasteiger partial charge on any atom is -0.472 e. The third-order valence-corrected chi connectivity index (χ3v) is 5.62. The first-order valence-corrected chi connectivity index (χ1v) is 10.2. The average molecular weight is 388 g/mol. The van der Waals surface area contributed by atoms with Gasteiger partial charge in [0.15, 0.2) is 0 Å². The highest BCUT2D eigenvalue weighted by molar-refractivity contribution is 7.09. The Morgan fingerprint density at radius 2 is 1.68 bits per heavy atom. The molecular formula is C24H21NO2S. The number of thiophene rings is 1. The van der Waals surface area contributed by atoms with Crippen LogP contribution in [0.3, 0.4) is 0 Å². The Labute approximate surface area is 168 Å². The number of carbonyl (C=O) groups excluding carboxylic acids is 1. The number of amides is 1. The summed E-state index contributed by atoms with van der Waals surface area (Å²) in [5, 5.41) is 2.07. The third kappa shape index (κ3) is 4.41. The fourth-order valence-electron chi connectivity index (χ4n) is 3.17. The Bertz CT molecular complexity index is 991. The van der Waals surface area contributed by atoms with Crippen molar-refractivity contribution in [3.63, 3.8) is 0 Å². The van der Waals surface area contributed by atoms with E-state index in [1.807, 2.05) is 59.5 Å². The topological polar surface area (TPSA) is 33.5 Å². The van der Waals surface area contributed by atoms with Gasteiger partial charge in [0, 0.05) is 29.1 Å². The molecule has 3 nitrogen and oxygen atoms in total. The Hall–Kier alpha value is -3.11. The number of hydrogen-bond acceptors (Lipinski definition) is 3. The second kappa shape index (κ2) is 8.72. The van der Waals surface area contributed by atoms with Gasteiger partial charge in [0.2, 0.25) is 0 Å². The number of furan rings is 1. The van der Waals surface area contributed by atoms with Crippen LogP contribution in [0, 0.1) is 0 Å². The van der Waals surface area contributed by atoms with Crippen LogP contribution in [-0.4, -0.2) is 17.4 Å². The van der Waals surface area contributed by atoms with Crippen LogP contribution >= 0.6 is 11.3 Å². The summed E-state index contributed by atoms with van der Waals surface area (Å²) in [5.74, 6) is 0.0392. The van der Waals surface area contributed by atoms with Gasteiger partial charge in [-0.3, -0.25) is 4.79 Å². The molecule has 2 aromatic carbocycles. The molecule has 0 saturated carbocycles. The fraction of sp³-hybridized carbons (Fsp3) is 0.125. The van der Waals surface area contributed by atoms with Crippen molar-refractivity contribution in [1.29, 1.82) is 0 Å². The van der Waals surface area contributed by atoms with Crippen LogP contribution in [0.15, 0.2) is 95.1 Å². The van der Waals surface area contributed by atoms with E-state index in [1.165, 1.54) is 4.88 Å². The van der Waals surface area contributed by atoms with Gasteiger partial charge in [0.1, 0.15) is 0 Å². The summed E-state index contributed by atoms with van der Waals surface area (Å²) in [6.07, 6.45) is 4.19. The van der Waals surface area contributed by atoms with Gasteiger partial charge in [0.05, 0.1) is 12.5 Å². The zero-order valence-electron chi connectivity index (χ0n) is 15.5. The predicted octanol–water partition coefficient (Wildman–Crippen LogP) is 5.89. The van der Waals surface area contributed by atoms with Crippen molar-refractivity contribution in [3.8, 4) is 11.1 Å². The van der Waals surface area contributed by atoms with Crippen LogP contribution in [0.2, 0.25) is 0 Å². The van der Waals surface area contributed by atoms with E-state index in [9.17, 15) is 4.79 Å². The van der Waals surface area contributed by atoms with Crippen molar-refractivity contribution in [2.75, 3.05) is 6.54 Å². The molecule has 0 N–H and O–H groups in total. The summed E-state index contributed by atoms with van der Waals surface area (Å²) in [6, 6.07) is 24.1. The van der Waals surface area contributed by atoms with Crippen LogP contribution in [0.25, 0.3) is 11.1 Å². The Kier molecular flexibility index (Phi) is 5.69. The molecule has 2 heterocycles. The molecule has 0 bridgehead atoms. The molecule has 0 radical (unpaired) electrons. The molecule has 4 aromatic rings. The number of benzene rings is 2. The van der Waals surface area contributed by atoms with Crippen molar-refractivity contribution >= 4 is 17.2 Å². The van der Waals surface area contributed by atoms with Gasteiger partial charge in [-0.1, -0.05) is 48.5 Å². The van der Waals surface area contributed by atoms with Crippen LogP contribution in [0.5, 0.6) is 0 Å². The first-order valence-electron chi connectivity index (χ1n) is 9.28. The number of nitrogens with zero attached hydrogens (tertiary/aromatic N) is 1. The number of carbonyl (C=O) groups is 1. The zero-order valence-corrected chi connectivity index (χ0v) is 16.3. The maximum atomic E-state index is 13.2. The van der Waals surface area contributed by atoms with Gasteiger partial charge in [-0.25, -0.2) is 0 Å². The highest BCUT2D eigenvalue weighted by Gasteiger charge is 2.17. The molecule has 2 aromatic heterocycles. The molecule has 0 aliphatic heterocycles. The summed E-state index contributed by atoms with van der Waals surface area (Å²) < 4.78 is 5.18. The van der Waals surface area contributed by atoms with E-state index in [-0.39, 0.29) is 5.91 Å². The van der Waals surface area contributed by atoms with Gasteiger partial charge in [-0.2, -0.15) is 0 Å². The van der Waals surface area contributed by atoms with E-state index in [0.717, 1.165) is 23.1 Å². The van der Waals surface area contributed by atoms with Crippen molar-refractivity contribution in [2.24, 2.45) is 0 Å². The van der Waals surface area contributed by atoms with Gasteiger partial charge < -0.3 is 9.32 Å². The maximum Gasteiger partial charge on any atom is 0.254 e. The fourth-order valence-corrected chi connectivity index (χ4v) is 3.87. The number of hydrogen-bond donors (Lipinski definition) is 0. The van der Waals surface area contributed by atoms with E-state index < -0.39 is 0 Å². The molecule has 28 heavy (non-hydrogen) atoms. The van der Waals surface area contributed by atoms with Crippen LogP contribution < -0.4 is 0 Å². The van der Waals surface area contributed by atoms with E-state index in [0.29, 0.717) is 18.7 Å². The standard InChI is InChI=1S/C24H21NO2S/c26-24(22-10-8-21(9-11-22)20-5-2-1-3-6-20)25(17-19-13-15-27-18-19)14-12-23-7-4-16-28-23/h1-11,13,15-16,18H,12,14,17H2. The minimum atomic E-state index is 0.0392. The van der Waals surface area contributed by atoms with E-state index in [1.54, 1.807) is 23.9 Å². The zero-order chi connectivity index (χ0) is 19.2. The molecule has 0 spiro atoms. The molecule has 0 saturated heterocycles. The highest BCUT2D eigenvalue weighted by atomic mass is 32.1. The second-order valence-corrected chi connectivity index (χ2v) is 7.66. The van der Waals surface area contributed by atoms with E-state index in [4.69, 9.17) is 4.42 Å². The molecule has 0 atom stereocenters. The van der Waals surface area contributed by atoms with E-state index >= 15 is 0 Å². The lowest BCUT2D eigenvalue weighted by Gasteiger charge is -2.22. The molecule has 0 aliphatic carbocycles. The summed E-state index contributed by atoms with van der Waals surface area (Å²) in [5.41, 5.74) is 3.96. The lowest BCUT2D eigenvalue weighted by molar-refractivity contribution is 0.0745. The molecule has 4 heteroatoms. The SMILES string of the molecule is O=C(c1ccc(-c2ccccc2)cc1)N(CCc1cccs1)Cc1ccoc1. The Morgan fingerprint density at radius 1 is 0.893 bits per heavy atom. The van der Waals surface area contributed by atoms with Crippen molar-refractivity contribution in [2.45, 2.75) is 13.0 Å². The van der Waals surface area contributed by atoms with Crippen LogP contribution in [0.1, 0.15) is 20.8 Å². The molecule has 140 valence electrons. The summed E-state index contributed by atoms with van der Waals surface area (Å²) in [6.45, 7) is 1.21. The predicted molar refractivity (Wildman–Crippen MR) is 113 cm³/mol. The normalized spacial score (nSPS) is 10.7. The van der Waals surface area contributed by atoms with Crippen LogP contribution in [-0.2, 0) is 13.0 Å². The maximum absolute atomic E-state index is 13.2. The molecule has 4 rings (SSSR count). The Balaban J connectivity index is 1.52. The lowest BCUT2D eigenvalue weighted by Crippen LogP contribution is -2.32. The minimum absolute atomic E-state index is 0.0392. The smallest absolute Gasteiger partial charge is 0.254 e. The van der Waals surface area contributed by atoms with Gasteiger partial charge in [0.25, 0.3) is 5.91 Å². The average Bonchev–Trinajstić information content (AvgIpc) is 3.45. The molecular weight excluding hydrogens is 366 g/mol. The number of rotatable bonds is 7. The van der Waals surface area contributed by atoms with E-state index in [2.05, 4.69) is 23.6 Å². The first kappa shape index (κ1) is 18.3. The van der Waals surface area contributed by atoms with Crippen molar-refractivity contribution < 1.29 is 9.21 Å².